The first-order valence-corrected chi connectivity index (χ1v) is 12.1. The second kappa shape index (κ2) is 7.38. The molecular formula is C17H23N5O3Si. The fourth-order valence-electron chi connectivity index (χ4n) is 2.42. The SMILES string of the molecule is COC(=O)c1cc2nccn2c(-c2cnn(COCC[Si](C)(C)C)c2)n1. The number of esters is 1. The Labute approximate surface area is 152 Å². The summed E-state index contributed by atoms with van der Waals surface area (Å²) in [6, 6.07) is 2.71. The number of carbonyl (C=O) groups excluding carboxylic acids is 1. The monoisotopic (exact) mass is 373 g/mol. The number of fused-ring (bicyclic) bond motifs is 1. The maximum Gasteiger partial charge on any atom is 0.356 e. The van der Waals surface area contributed by atoms with Gasteiger partial charge in [-0.1, -0.05) is 19.6 Å². The minimum Gasteiger partial charge on any atom is -0.464 e. The van der Waals surface area contributed by atoms with Gasteiger partial charge in [-0.05, 0) is 6.04 Å². The van der Waals surface area contributed by atoms with Crippen LogP contribution in [0, 0.1) is 0 Å². The van der Waals surface area contributed by atoms with E-state index in [0.29, 0.717) is 18.2 Å². The van der Waals surface area contributed by atoms with Gasteiger partial charge in [0.15, 0.2) is 5.69 Å². The predicted octanol–water partition coefficient (Wildman–Crippen LogP) is 2.69. The number of rotatable bonds is 7. The fraction of sp³-hybridized carbons (Fsp3) is 0.412. The van der Waals surface area contributed by atoms with Gasteiger partial charge < -0.3 is 9.47 Å². The third-order valence-electron chi connectivity index (χ3n) is 3.90. The van der Waals surface area contributed by atoms with E-state index in [1.165, 1.54) is 7.11 Å². The number of hydrogen-bond acceptors (Lipinski definition) is 6. The molecule has 26 heavy (non-hydrogen) atoms. The number of nitrogens with zero attached hydrogens (tertiary/aromatic N) is 5. The van der Waals surface area contributed by atoms with Crippen molar-refractivity contribution in [3.05, 3.63) is 36.5 Å². The lowest BCUT2D eigenvalue weighted by Crippen LogP contribution is -2.22. The van der Waals surface area contributed by atoms with Crippen LogP contribution in [0.5, 0.6) is 0 Å². The summed E-state index contributed by atoms with van der Waals surface area (Å²) >= 11 is 0. The molecular weight excluding hydrogens is 350 g/mol. The molecule has 0 bridgehead atoms. The second-order valence-electron chi connectivity index (χ2n) is 7.23. The van der Waals surface area contributed by atoms with Gasteiger partial charge in [0.05, 0.1) is 18.9 Å². The van der Waals surface area contributed by atoms with E-state index in [-0.39, 0.29) is 5.69 Å². The van der Waals surface area contributed by atoms with Gasteiger partial charge in [-0.3, -0.25) is 4.40 Å². The van der Waals surface area contributed by atoms with Crippen molar-refractivity contribution in [2.45, 2.75) is 32.4 Å². The number of hydrogen-bond donors (Lipinski definition) is 0. The zero-order chi connectivity index (χ0) is 18.7. The number of imidazole rings is 1. The zero-order valence-electron chi connectivity index (χ0n) is 15.5. The molecule has 3 aromatic heterocycles. The third-order valence-corrected chi connectivity index (χ3v) is 5.60. The van der Waals surface area contributed by atoms with Crippen LogP contribution in [0.15, 0.2) is 30.9 Å². The van der Waals surface area contributed by atoms with Crippen LogP contribution in [0.3, 0.4) is 0 Å². The molecule has 3 aromatic rings. The van der Waals surface area contributed by atoms with E-state index < -0.39 is 14.0 Å². The summed E-state index contributed by atoms with van der Waals surface area (Å²) in [5.74, 6) is 0.0765. The largest absolute Gasteiger partial charge is 0.464 e. The third kappa shape index (κ3) is 4.17. The zero-order valence-corrected chi connectivity index (χ0v) is 16.5. The van der Waals surface area contributed by atoms with E-state index in [1.54, 1.807) is 33.7 Å². The summed E-state index contributed by atoms with van der Waals surface area (Å²) < 4.78 is 14.0. The lowest BCUT2D eigenvalue weighted by molar-refractivity contribution is 0.0594. The minimum atomic E-state index is -1.11. The Morgan fingerprint density at radius 3 is 2.85 bits per heavy atom. The number of carbonyl (C=O) groups is 1. The average Bonchev–Trinajstić information content (AvgIpc) is 3.25. The smallest absolute Gasteiger partial charge is 0.356 e. The van der Waals surface area contributed by atoms with Crippen LogP contribution >= 0.6 is 0 Å². The Kier molecular flexibility index (Phi) is 5.19. The van der Waals surface area contributed by atoms with Crippen LogP contribution in [0.2, 0.25) is 25.7 Å². The molecule has 0 aliphatic heterocycles. The van der Waals surface area contributed by atoms with E-state index in [1.807, 2.05) is 6.20 Å². The molecule has 0 amide bonds. The quantitative estimate of drug-likeness (QED) is 0.360. The number of methoxy groups -OCH3 is 1. The van der Waals surface area contributed by atoms with Crippen molar-refractivity contribution in [3.8, 4) is 11.4 Å². The highest BCUT2D eigenvalue weighted by molar-refractivity contribution is 6.76. The Morgan fingerprint density at radius 2 is 2.12 bits per heavy atom. The van der Waals surface area contributed by atoms with Crippen LogP contribution in [-0.2, 0) is 16.2 Å². The maximum atomic E-state index is 11.9. The molecule has 0 aliphatic carbocycles. The van der Waals surface area contributed by atoms with E-state index in [0.717, 1.165) is 18.2 Å². The molecule has 0 saturated heterocycles. The Hall–Kier alpha value is -2.52. The van der Waals surface area contributed by atoms with E-state index >= 15 is 0 Å². The van der Waals surface area contributed by atoms with Crippen LogP contribution in [0.4, 0.5) is 0 Å². The molecule has 3 heterocycles. The van der Waals surface area contributed by atoms with Gasteiger partial charge in [-0.15, -0.1) is 0 Å². The molecule has 0 atom stereocenters. The standard InChI is InChI=1S/C17H23N5O3Si/c1-24-17(23)14-9-15-18-5-6-22(15)16(20-14)13-10-19-21(11-13)12-25-7-8-26(2,3)4/h5-6,9-11H,7-8,12H2,1-4H3. The normalized spacial score (nSPS) is 11.8. The highest BCUT2D eigenvalue weighted by atomic mass is 28.3. The fourth-order valence-corrected chi connectivity index (χ4v) is 3.18. The number of ether oxygens (including phenoxy) is 2. The molecule has 8 nitrogen and oxygen atoms in total. The lowest BCUT2D eigenvalue weighted by atomic mass is 10.3. The molecule has 0 radical (unpaired) electrons. The van der Waals surface area contributed by atoms with Crippen LogP contribution in [-0.4, -0.2) is 51.9 Å². The van der Waals surface area contributed by atoms with Crippen molar-refractivity contribution in [2.75, 3.05) is 13.7 Å². The number of aromatic nitrogens is 5. The van der Waals surface area contributed by atoms with Crippen LogP contribution in [0.25, 0.3) is 17.0 Å². The summed E-state index contributed by atoms with van der Waals surface area (Å²) in [5, 5.41) is 4.33. The van der Waals surface area contributed by atoms with Crippen molar-refractivity contribution < 1.29 is 14.3 Å². The van der Waals surface area contributed by atoms with Crippen LogP contribution < -0.4 is 0 Å². The van der Waals surface area contributed by atoms with E-state index in [2.05, 4.69) is 34.7 Å². The highest BCUT2D eigenvalue weighted by Gasteiger charge is 2.16. The molecule has 0 spiro atoms. The molecule has 0 unspecified atom stereocenters. The van der Waals surface area contributed by atoms with Gasteiger partial charge in [0.25, 0.3) is 0 Å². The molecule has 138 valence electrons. The summed E-state index contributed by atoms with van der Waals surface area (Å²) in [6.07, 6.45) is 6.99. The van der Waals surface area contributed by atoms with Gasteiger partial charge in [-0.25, -0.2) is 19.4 Å². The first-order chi connectivity index (χ1) is 12.4. The Morgan fingerprint density at radius 1 is 1.31 bits per heavy atom. The summed E-state index contributed by atoms with van der Waals surface area (Å²) in [7, 11) is 0.223. The molecule has 9 heteroatoms. The van der Waals surface area contributed by atoms with Crippen molar-refractivity contribution in [2.24, 2.45) is 0 Å². The summed E-state index contributed by atoms with van der Waals surface area (Å²) in [6.45, 7) is 8.07. The van der Waals surface area contributed by atoms with Crippen molar-refractivity contribution in [3.63, 3.8) is 0 Å². The molecule has 3 rings (SSSR count). The predicted molar refractivity (Wildman–Crippen MR) is 99.7 cm³/mol. The molecule has 0 aromatic carbocycles. The van der Waals surface area contributed by atoms with Gasteiger partial charge in [0.1, 0.15) is 18.2 Å². The summed E-state index contributed by atoms with van der Waals surface area (Å²) in [4.78, 5) is 20.5. The van der Waals surface area contributed by atoms with Gasteiger partial charge in [0.2, 0.25) is 0 Å². The van der Waals surface area contributed by atoms with Crippen molar-refractivity contribution >= 4 is 19.7 Å². The Bertz CT molecular complexity index is 913. The Balaban J connectivity index is 1.80. The van der Waals surface area contributed by atoms with E-state index in [4.69, 9.17) is 9.47 Å². The van der Waals surface area contributed by atoms with E-state index in [9.17, 15) is 4.79 Å². The van der Waals surface area contributed by atoms with Crippen molar-refractivity contribution in [1.82, 2.24) is 24.1 Å². The molecule has 0 N–H and O–H groups in total. The first kappa shape index (κ1) is 18.3. The first-order valence-electron chi connectivity index (χ1n) is 8.40. The lowest BCUT2D eigenvalue weighted by Gasteiger charge is -2.15. The molecule has 0 aliphatic rings. The topological polar surface area (TPSA) is 83.5 Å². The maximum absolute atomic E-state index is 11.9. The van der Waals surface area contributed by atoms with Gasteiger partial charge in [0, 0.05) is 39.3 Å². The minimum absolute atomic E-state index is 0.209. The highest BCUT2D eigenvalue weighted by Crippen LogP contribution is 2.19. The van der Waals surface area contributed by atoms with Crippen LogP contribution in [0.1, 0.15) is 10.5 Å². The second-order valence-corrected chi connectivity index (χ2v) is 12.8. The van der Waals surface area contributed by atoms with Crippen molar-refractivity contribution in [1.29, 1.82) is 0 Å². The van der Waals surface area contributed by atoms with Gasteiger partial charge >= 0.3 is 5.97 Å². The average molecular weight is 373 g/mol. The molecule has 0 fully saturated rings. The summed E-state index contributed by atoms with van der Waals surface area (Å²) in [5.41, 5.74) is 1.60. The molecule has 0 saturated carbocycles. The van der Waals surface area contributed by atoms with Gasteiger partial charge in [-0.2, -0.15) is 5.10 Å².